The molecule has 2 atom stereocenters. The summed E-state index contributed by atoms with van der Waals surface area (Å²) >= 11 is 1.38. The molecule has 1 aliphatic carbocycles. The zero-order valence-electron chi connectivity index (χ0n) is 18.6. The number of fused-ring (bicyclic) bond motifs is 2. The summed E-state index contributed by atoms with van der Waals surface area (Å²) in [5.41, 5.74) is 1.91. The number of rotatable bonds is 5. The molecule has 0 saturated carbocycles. The van der Waals surface area contributed by atoms with Gasteiger partial charge in [-0.2, -0.15) is 0 Å². The first kappa shape index (κ1) is 22.2. The number of carbonyl (C=O) groups is 4. The Balaban J connectivity index is 1.68. The molecule has 1 aromatic heterocycles. The molecular weight excluding hydrogens is 428 g/mol. The summed E-state index contributed by atoms with van der Waals surface area (Å²) in [6.07, 6.45) is 2.55. The van der Waals surface area contributed by atoms with Crippen molar-refractivity contribution >= 4 is 40.0 Å². The summed E-state index contributed by atoms with van der Waals surface area (Å²) in [5, 5.41) is 3.28. The Labute approximate surface area is 190 Å². The van der Waals surface area contributed by atoms with Crippen molar-refractivity contribution in [3.8, 4) is 0 Å². The molecule has 168 valence electrons. The van der Waals surface area contributed by atoms with Gasteiger partial charge in [0.15, 0.2) is 0 Å². The zero-order valence-corrected chi connectivity index (χ0v) is 19.4. The van der Waals surface area contributed by atoms with E-state index in [0.717, 1.165) is 34.6 Å². The third-order valence-electron chi connectivity index (χ3n) is 6.14. The molecular formula is C24H26N2O5S. The van der Waals surface area contributed by atoms with Crippen LogP contribution in [0.25, 0.3) is 0 Å². The average molecular weight is 455 g/mol. The van der Waals surface area contributed by atoms with E-state index >= 15 is 0 Å². The van der Waals surface area contributed by atoms with E-state index in [1.54, 1.807) is 38.1 Å². The van der Waals surface area contributed by atoms with Crippen LogP contribution in [0.2, 0.25) is 0 Å². The molecule has 1 N–H and O–H groups in total. The molecule has 3 amide bonds. The van der Waals surface area contributed by atoms with Crippen molar-refractivity contribution in [2.75, 3.05) is 12.4 Å². The molecule has 2 aromatic rings. The Bertz CT molecular complexity index is 1080. The van der Waals surface area contributed by atoms with Gasteiger partial charge in [0.1, 0.15) is 11.0 Å². The Kier molecular flexibility index (Phi) is 5.90. The Morgan fingerprint density at radius 2 is 1.78 bits per heavy atom. The smallest absolute Gasteiger partial charge is 0.341 e. The maximum absolute atomic E-state index is 13.4. The van der Waals surface area contributed by atoms with Crippen LogP contribution in [-0.4, -0.2) is 41.7 Å². The Morgan fingerprint density at radius 1 is 1.16 bits per heavy atom. The standard InChI is InChI=1S/C24H26N2O5S/c1-12(2)19(26-22(28)14-7-5-6-8-15(14)23(26)29)20(27)25-21-18(24(30)31-4)16-10-9-13(3)11-17(16)32-21/h5-8,12-13,19H,9-11H2,1-4H3,(H,25,27)/t13-,19+/m1/s1. The van der Waals surface area contributed by atoms with E-state index in [0.29, 0.717) is 27.6 Å². The van der Waals surface area contributed by atoms with Crippen LogP contribution in [0.5, 0.6) is 0 Å². The number of carbonyl (C=O) groups excluding carboxylic acids is 4. The number of anilines is 1. The van der Waals surface area contributed by atoms with Crippen molar-refractivity contribution in [1.82, 2.24) is 4.90 Å². The van der Waals surface area contributed by atoms with Gasteiger partial charge >= 0.3 is 5.97 Å². The lowest BCUT2D eigenvalue weighted by Crippen LogP contribution is -2.50. The Hall–Kier alpha value is -3.00. The van der Waals surface area contributed by atoms with Gasteiger partial charge in [-0.15, -0.1) is 11.3 Å². The topological polar surface area (TPSA) is 92.8 Å². The molecule has 0 bridgehead atoms. The SMILES string of the molecule is COC(=O)c1c(NC(=O)[C@H](C(C)C)N2C(=O)c3ccccc3C2=O)sc2c1CC[C@@H](C)C2. The van der Waals surface area contributed by atoms with Gasteiger partial charge in [0.25, 0.3) is 11.8 Å². The van der Waals surface area contributed by atoms with Crippen molar-refractivity contribution in [3.63, 3.8) is 0 Å². The first-order valence-corrected chi connectivity index (χ1v) is 11.6. The minimum atomic E-state index is -1.01. The molecule has 0 fully saturated rings. The molecule has 32 heavy (non-hydrogen) atoms. The zero-order chi connectivity index (χ0) is 23.2. The number of hydrogen-bond acceptors (Lipinski definition) is 6. The fraction of sp³-hybridized carbons (Fsp3) is 0.417. The number of imide groups is 1. The number of hydrogen-bond donors (Lipinski definition) is 1. The van der Waals surface area contributed by atoms with Gasteiger partial charge in [-0.3, -0.25) is 19.3 Å². The van der Waals surface area contributed by atoms with Crippen LogP contribution in [0.4, 0.5) is 5.00 Å². The molecule has 2 aliphatic rings. The third kappa shape index (κ3) is 3.62. The predicted octanol–water partition coefficient (Wildman–Crippen LogP) is 3.92. The van der Waals surface area contributed by atoms with Gasteiger partial charge in [0.05, 0.1) is 23.8 Å². The first-order valence-electron chi connectivity index (χ1n) is 10.7. The van der Waals surface area contributed by atoms with Crippen molar-refractivity contribution in [3.05, 3.63) is 51.4 Å². The van der Waals surface area contributed by atoms with Crippen molar-refractivity contribution < 1.29 is 23.9 Å². The number of nitrogens with one attached hydrogen (secondary N) is 1. The summed E-state index contributed by atoms with van der Waals surface area (Å²) in [4.78, 5) is 54.0. The van der Waals surface area contributed by atoms with Gasteiger partial charge in [0.2, 0.25) is 5.91 Å². The minimum Gasteiger partial charge on any atom is -0.465 e. The number of ether oxygens (including phenoxy) is 1. The highest BCUT2D eigenvalue weighted by Gasteiger charge is 2.44. The fourth-order valence-electron chi connectivity index (χ4n) is 4.52. The third-order valence-corrected chi connectivity index (χ3v) is 7.31. The van der Waals surface area contributed by atoms with Crippen LogP contribution < -0.4 is 5.32 Å². The second-order valence-corrected chi connectivity index (χ2v) is 9.86. The second kappa shape index (κ2) is 8.50. The van der Waals surface area contributed by atoms with Gasteiger partial charge < -0.3 is 10.1 Å². The van der Waals surface area contributed by atoms with E-state index in [2.05, 4.69) is 12.2 Å². The van der Waals surface area contributed by atoms with E-state index in [9.17, 15) is 19.2 Å². The van der Waals surface area contributed by atoms with Crippen LogP contribution >= 0.6 is 11.3 Å². The van der Waals surface area contributed by atoms with Crippen LogP contribution in [0.3, 0.4) is 0 Å². The van der Waals surface area contributed by atoms with Gasteiger partial charge in [-0.05, 0) is 48.8 Å². The van der Waals surface area contributed by atoms with Crippen LogP contribution in [0, 0.1) is 11.8 Å². The highest BCUT2D eigenvalue weighted by atomic mass is 32.1. The molecule has 0 saturated heterocycles. The maximum atomic E-state index is 13.4. The summed E-state index contributed by atoms with van der Waals surface area (Å²) in [5.74, 6) is -1.77. The van der Waals surface area contributed by atoms with E-state index in [4.69, 9.17) is 4.74 Å². The molecule has 4 rings (SSSR count). The monoisotopic (exact) mass is 454 g/mol. The lowest BCUT2D eigenvalue weighted by Gasteiger charge is -2.28. The predicted molar refractivity (Wildman–Crippen MR) is 121 cm³/mol. The summed E-state index contributed by atoms with van der Waals surface area (Å²) < 4.78 is 4.99. The summed E-state index contributed by atoms with van der Waals surface area (Å²) in [7, 11) is 1.32. The molecule has 0 unspecified atom stereocenters. The number of nitrogens with zero attached hydrogens (tertiary/aromatic N) is 1. The Morgan fingerprint density at radius 3 is 2.34 bits per heavy atom. The maximum Gasteiger partial charge on any atom is 0.341 e. The molecule has 0 spiro atoms. The highest BCUT2D eigenvalue weighted by Crippen LogP contribution is 2.40. The van der Waals surface area contributed by atoms with E-state index in [1.165, 1.54) is 18.4 Å². The number of benzene rings is 1. The van der Waals surface area contributed by atoms with Crippen molar-refractivity contribution in [2.24, 2.45) is 11.8 Å². The lowest BCUT2D eigenvalue weighted by molar-refractivity contribution is -0.121. The van der Waals surface area contributed by atoms with Gasteiger partial charge in [0, 0.05) is 4.88 Å². The largest absolute Gasteiger partial charge is 0.465 e. The van der Waals surface area contributed by atoms with Crippen LogP contribution in [0.15, 0.2) is 24.3 Å². The second-order valence-electron chi connectivity index (χ2n) is 8.75. The van der Waals surface area contributed by atoms with E-state index in [-0.39, 0.29) is 5.92 Å². The quantitative estimate of drug-likeness (QED) is 0.546. The fourth-order valence-corrected chi connectivity index (χ4v) is 5.92. The normalized spacial score (nSPS) is 18.4. The van der Waals surface area contributed by atoms with Crippen LogP contribution in [0.1, 0.15) is 68.7 Å². The van der Waals surface area contributed by atoms with E-state index in [1.807, 2.05) is 0 Å². The molecule has 8 heteroatoms. The molecule has 2 heterocycles. The highest BCUT2D eigenvalue weighted by molar-refractivity contribution is 7.17. The molecule has 0 radical (unpaired) electrons. The minimum absolute atomic E-state index is 0.298. The van der Waals surface area contributed by atoms with Crippen LogP contribution in [-0.2, 0) is 22.4 Å². The van der Waals surface area contributed by atoms with Crippen molar-refractivity contribution in [1.29, 1.82) is 0 Å². The van der Waals surface area contributed by atoms with Gasteiger partial charge in [-0.1, -0.05) is 32.9 Å². The first-order chi connectivity index (χ1) is 15.2. The summed E-state index contributed by atoms with van der Waals surface area (Å²) in [6, 6.07) is 5.56. The van der Waals surface area contributed by atoms with Gasteiger partial charge in [-0.25, -0.2) is 4.79 Å². The lowest BCUT2D eigenvalue weighted by atomic mass is 9.88. The molecule has 7 nitrogen and oxygen atoms in total. The molecule has 1 aromatic carbocycles. The number of esters is 1. The number of thiophene rings is 1. The molecule has 1 aliphatic heterocycles. The van der Waals surface area contributed by atoms with E-state index < -0.39 is 29.7 Å². The number of methoxy groups -OCH3 is 1. The number of amides is 3. The average Bonchev–Trinajstić information content (AvgIpc) is 3.23. The summed E-state index contributed by atoms with van der Waals surface area (Å²) in [6.45, 7) is 5.74. The van der Waals surface area contributed by atoms with Crippen molar-refractivity contribution in [2.45, 2.75) is 46.1 Å².